The Morgan fingerprint density at radius 2 is 2.00 bits per heavy atom. The van der Waals surface area contributed by atoms with Crippen molar-refractivity contribution in [1.29, 1.82) is 0 Å². The van der Waals surface area contributed by atoms with Crippen molar-refractivity contribution >= 4 is 34.4 Å². The minimum Gasteiger partial charge on any atom is -0.493 e. The fraction of sp³-hybridized carbons (Fsp3) is 0.320. The molecule has 1 atom stereocenters. The predicted molar refractivity (Wildman–Crippen MR) is 128 cm³/mol. The molecule has 4 rings (SSSR count). The van der Waals surface area contributed by atoms with Crippen molar-refractivity contribution in [3.8, 4) is 11.5 Å². The molecule has 3 aromatic rings. The summed E-state index contributed by atoms with van der Waals surface area (Å²) in [4.78, 5) is 20.4. The lowest BCUT2D eigenvalue weighted by Gasteiger charge is -2.14. The molecule has 0 saturated carbocycles. The lowest BCUT2D eigenvalue weighted by Crippen LogP contribution is -2.30. The molecule has 36 heavy (non-hydrogen) atoms. The van der Waals surface area contributed by atoms with Crippen LogP contribution in [0.15, 0.2) is 48.8 Å². The highest BCUT2D eigenvalue weighted by Crippen LogP contribution is 2.35. The van der Waals surface area contributed by atoms with E-state index in [2.05, 4.69) is 20.6 Å². The Morgan fingerprint density at radius 3 is 2.69 bits per heavy atom. The minimum atomic E-state index is -4.48. The van der Waals surface area contributed by atoms with E-state index in [-0.39, 0.29) is 23.5 Å². The average Bonchev–Trinajstić information content (AvgIpc) is 3.39. The number of aromatic nitrogens is 2. The van der Waals surface area contributed by atoms with Crippen LogP contribution in [-0.2, 0) is 9.53 Å². The lowest BCUT2D eigenvalue weighted by atomic mass is 10.1. The van der Waals surface area contributed by atoms with Crippen molar-refractivity contribution in [3.05, 3.63) is 54.4 Å². The van der Waals surface area contributed by atoms with Crippen molar-refractivity contribution in [3.63, 3.8) is 0 Å². The third-order valence-electron chi connectivity index (χ3n) is 5.44. The number of rotatable bonds is 9. The number of methoxy groups -OCH3 is 1. The van der Waals surface area contributed by atoms with Gasteiger partial charge in [0.15, 0.2) is 18.1 Å². The van der Waals surface area contributed by atoms with Gasteiger partial charge in [-0.2, -0.15) is 13.2 Å². The van der Waals surface area contributed by atoms with Crippen LogP contribution in [0.3, 0.4) is 0 Å². The molecule has 1 aliphatic rings. The molecule has 1 aromatic heterocycles. The van der Waals surface area contributed by atoms with Crippen LogP contribution in [0.1, 0.15) is 18.4 Å². The Balaban J connectivity index is 1.43. The highest BCUT2D eigenvalue weighted by Gasteiger charge is 2.29. The number of carbonyl (C=O) groups excluding carboxylic acids is 1. The van der Waals surface area contributed by atoms with E-state index in [0.717, 1.165) is 25.0 Å². The van der Waals surface area contributed by atoms with Gasteiger partial charge in [-0.1, -0.05) is 12.1 Å². The van der Waals surface area contributed by atoms with Crippen molar-refractivity contribution in [2.45, 2.75) is 25.1 Å². The Bertz CT molecular complexity index is 1230. The number of hydrogen-bond acceptors (Lipinski definition) is 7. The highest BCUT2D eigenvalue weighted by atomic mass is 19.4. The third-order valence-corrected chi connectivity index (χ3v) is 5.44. The van der Waals surface area contributed by atoms with Gasteiger partial charge in [-0.3, -0.25) is 4.79 Å². The van der Waals surface area contributed by atoms with Gasteiger partial charge in [0.2, 0.25) is 5.91 Å². The third kappa shape index (κ3) is 6.85. The Morgan fingerprint density at radius 1 is 1.19 bits per heavy atom. The van der Waals surface area contributed by atoms with Crippen LogP contribution in [-0.4, -0.2) is 55.0 Å². The summed E-state index contributed by atoms with van der Waals surface area (Å²) in [5, 5.41) is 6.55. The summed E-state index contributed by atoms with van der Waals surface area (Å²) >= 11 is 0. The Labute approximate surface area is 205 Å². The first-order valence-corrected chi connectivity index (χ1v) is 11.3. The highest BCUT2D eigenvalue weighted by molar-refractivity contribution is 5.93. The molecular formula is C25H25F3N4O4. The van der Waals surface area contributed by atoms with E-state index >= 15 is 0 Å². The number of anilines is 2. The second kappa shape index (κ2) is 11.3. The zero-order chi connectivity index (χ0) is 25.5. The van der Waals surface area contributed by atoms with Crippen LogP contribution in [0.4, 0.5) is 24.7 Å². The van der Waals surface area contributed by atoms with Crippen molar-refractivity contribution in [1.82, 2.24) is 15.3 Å². The molecule has 0 radical (unpaired) electrons. The van der Waals surface area contributed by atoms with E-state index < -0.39 is 12.8 Å². The minimum absolute atomic E-state index is 0.0667. The van der Waals surface area contributed by atoms with E-state index in [4.69, 9.17) is 14.2 Å². The number of benzene rings is 2. The summed E-state index contributed by atoms with van der Waals surface area (Å²) in [5.41, 5.74) is 1.93. The van der Waals surface area contributed by atoms with Gasteiger partial charge >= 0.3 is 6.18 Å². The smallest absolute Gasteiger partial charge is 0.422 e. The molecule has 1 unspecified atom stereocenters. The normalized spacial score (nSPS) is 15.8. The SMILES string of the molecule is COc1cc2c(Nc3ccc(C=CC(=O)NCC4CCCO4)cc3)ncnc2cc1OCC(F)(F)F. The maximum Gasteiger partial charge on any atom is 0.422 e. The van der Waals surface area contributed by atoms with Crippen molar-refractivity contribution in [2.24, 2.45) is 0 Å². The molecule has 0 aliphatic carbocycles. The largest absolute Gasteiger partial charge is 0.493 e. The molecule has 1 fully saturated rings. The summed E-state index contributed by atoms with van der Waals surface area (Å²) < 4.78 is 53.3. The van der Waals surface area contributed by atoms with Crippen LogP contribution in [0, 0.1) is 0 Å². The van der Waals surface area contributed by atoms with Crippen LogP contribution < -0.4 is 20.1 Å². The fourth-order valence-corrected chi connectivity index (χ4v) is 3.66. The number of halogens is 3. The Kier molecular flexibility index (Phi) is 7.89. The number of ether oxygens (including phenoxy) is 3. The predicted octanol–water partition coefficient (Wildman–Crippen LogP) is 4.63. The topological polar surface area (TPSA) is 94.6 Å². The van der Waals surface area contributed by atoms with Crippen LogP contribution in [0.25, 0.3) is 17.0 Å². The zero-order valence-electron chi connectivity index (χ0n) is 19.5. The maximum absolute atomic E-state index is 12.6. The van der Waals surface area contributed by atoms with E-state index in [1.54, 1.807) is 6.08 Å². The summed E-state index contributed by atoms with van der Waals surface area (Å²) in [5.74, 6) is 0.316. The van der Waals surface area contributed by atoms with Crippen LogP contribution >= 0.6 is 0 Å². The van der Waals surface area contributed by atoms with Gasteiger partial charge in [-0.25, -0.2) is 9.97 Å². The number of fused-ring (bicyclic) bond motifs is 1. The Hall–Kier alpha value is -3.86. The molecule has 0 spiro atoms. The van der Waals surface area contributed by atoms with E-state index in [9.17, 15) is 18.0 Å². The first kappa shape index (κ1) is 25.2. The average molecular weight is 502 g/mol. The molecule has 2 heterocycles. The summed E-state index contributed by atoms with van der Waals surface area (Å²) in [7, 11) is 1.34. The number of amides is 1. The van der Waals surface area contributed by atoms with E-state index in [1.807, 2.05) is 24.3 Å². The molecule has 0 bridgehead atoms. The first-order valence-electron chi connectivity index (χ1n) is 11.3. The van der Waals surface area contributed by atoms with Gasteiger partial charge in [0, 0.05) is 36.4 Å². The van der Waals surface area contributed by atoms with Gasteiger partial charge in [0.25, 0.3) is 0 Å². The number of nitrogens with zero attached hydrogens (tertiary/aromatic N) is 2. The van der Waals surface area contributed by atoms with Gasteiger partial charge < -0.3 is 24.8 Å². The maximum atomic E-state index is 12.6. The van der Waals surface area contributed by atoms with Crippen LogP contribution in [0.5, 0.6) is 11.5 Å². The molecular weight excluding hydrogens is 477 g/mol. The van der Waals surface area contributed by atoms with Crippen molar-refractivity contribution < 1.29 is 32.2 Å². The zero-order valence-corrected chi connectivity index (χ0v) is 19.5. The number of hydrogen-bond donors (Lipinski definition) is 2. The second-order valence-corrected chi connectivity index (χ2v) is 8.11. The molecule has 2 N–H and O–H groups in total. The van der Waals surface area contributed by atoms with Gasteiger partial charge in [0.05, 0.1) is 18.7 Å². The van der Waals surface area contributed by atoms with E-state index in [0.29, 0.717) is 29.0 Å². The number of carbonyl (C=O) groups is 1. The monoisotopic (exact) mass is 502 g/mol. The van der Waals surface area contributed by atoms with E-state index in [1.165, 1.54) is 31.6 Å². The first-order chi connectivity index (χ1) is 17.3. The molecule has 8 nitrogen and oxygen atoms in total. The molecule has 1 saturated heterocycles. The quantitative estimate of drug-likeness (QED) is 0.412. The summed E-state index contributed by atoms with van der Waals surface area (Å²) in [6.45, 7) is -0.200. The number of alkyl halides is 3. The van der Waals surface area contributed by atoms with Gasteiger partial charge in [0.1, 0.15) is 12.1 Å². The summed E-state index contributed by atoms with van der Waals surface area (Å²) in [6, 6.07) is 10.2. The molecule has 1 aliphatic heterocycles. The number of nitrogens with one attached hydrogen (secondary N) is 2. The summed E-state index contributed by atoms with van der Waals surface area (Å²) in [6.07, 6.45) is 2.07. The molecule has 1 amide bonds. The van der Waals surface area contributed by atoms with Gasteiger partial charge in [-0.05, 0) is 42.7 Å². The molecule has 11 heteroatoms. The lowest BCUT2D eigenvalue weighted by molar-refractivity contribution is -0.153. The molecule has 190 valence electrons. The second-order valence-electron chi connectivity index (χ2n) is 8.11. The fourth-order valence-electron chi connectivity index (χ4n) is 3.66. The van der Waals surface area contributed by atoms with Crippen LogP contribution in [0.2, 0.25) is 0 Å². The standard InChI is InChI=1S/C25H25F3N4O4/c1-34-21-11-19-20(12-22(21)36-14-25(26,27)28)30-15-31-24(19)32-17-7-4-16(5-8-17)6-9-23(33)29-13-18-3-2-10-35-18/h4-9,11-12,15,18H,2-3,10,13-14H2,1H3,(H,29,33)(H,30,31,32). The molecule has 2 aromatic carbocycles. The van der Waals surface area contributed by atoms with Crippen molar-refractivity contribution in [2.75, 3.05) is 32.2 Å². The van der Waals surface area contributed by atoms with Gasteiger partial charge in [-0.15, -0.1) is 0 Å².